The van der Waals surface area contributed by atoms with E-state index in [2.05, 4.69) is 32.7 Å². The standard InChI is InChI=1S/C22H37Cl2N3O2/c1-5-9-13-26(14-10-6-2)21(28)19-17(23)18(24)20(25-19)22(29)27(15-11-7-3)16-12-8-4/h25H,5-16H2,1-4H3. The minimum atomic E-state index is -0.188. The molecule has 1 heterocycles. The van der Waals surface area contributed by atoms with Crippen molar-refractivity contribution in [2.24, 2.45) is 0 Å². The normalized spacial score (nSPS) is 11.0. The first-order valence-electron chi connectivity index (χ1n) is 11.1. The molecule has 1 aromatic rings. The first-order chi connectivity index (χ1) is 13.9. The third kappa shape index (κ3) is 7.53. The highest BCUT2D eigenvalue weighted by atomic mass is 35.5. The van der Waals surface area contributed by atoms with Gasteiger partial charge in [-0.2, -0.15) is 0 Å². The molecule has 0 unspecified atom stereocenters. The van der Waals surface area contributed by atoms with E-state index in [0.717, 1.165) is 51.4 Å². The Labute approximate surface area is 186 Å². The van der Waals surface area contributed by atoms with Gasteiger partial charge in [0.15, 0.2) is 0 Å². The summed E-state index contributed by atoms with van der Waals surface area (Å²) in [5.74, 6) is -0.377. The van der Waals surface area contributed by atoms with Crippen LogP contribution in [0, 0.1) is 0 Å². The van der Waals surface area contributed by atoms with Gasteiger partial charge in [-0.1, -0.05) is 76.6 Å². The molecule has 0 bridgehead atoms. The second-order valence-electron chi connectivity index (χ2n) is 7.50. The van der Waals surface area contributed by atoms with Crippen molar-refractivity contribution >= 4 is 35.0 Å². The predicted molar refractivity (Wildman–Crippen MR) is 122 cm³/mol. The zero-order chi connectivity index (χ0) is 21.8. The Balaban J connectivity index is 3.12. The zero-order valence-electron chi connectivity index (χ0n) is 18.5. The summed E-state index contributed by atoms with van der Waals surface area (Å²) in [6.07, 6.45) is 7.71. The Hall–Kier alpha value is -1.20. The van der Waals surface area contributed by atoms with Crippen LogP contribution in [0.1, 0.15) is 100 Å². The summed E-state index contributed by atoms with van der Waals surface area (Å²) in [4.78, 5) is 32.8. The van der Waals surface area contributed by atoms with Crippen molar-refractivity contribution < 1.29 is 9.59 Å². The molecule has 0 atom stereocenters. The molecule has 0 saturated heterocycles. The average Bonchev–Trinajstić information content (AvgIpc) is 3.02. The zero-order valence-corrected chi connectivity index (χ0v) is 20.0. The van der Waals surface area contributed by atoms with E-state index < -0.39 is 0 Å². The number of carbonyl (C=O) groups is 2. The fraction of sp³-hybridized carbons (Fsp3) is 0.727. The topological polar surface area (TPSA) is 56.4 Å². The van der Waals surface area contributed by atoms with E-state index in [4.69, 9.17) is 23.2 Å². The Bertz CT molecular complexity index is 578. The highest BCUT2D eigenvalue weighted by Gasteiger charge is 2.28. The van der Waals surface area contributed by atoms with E-state index in [0.29, 0.717) is 26.2 Å². The fourth-order valence-corrected chi connectivity index (χ4v) is 3.54. The molecule has 7 heteroatoms. The number of unbranched alkanes of at least 4 members (excludes halogenated alkanes) is 4. The molecule has 2 amide bonds. The lowest BCUT2D eigenvalue weighted by Gasteiger charge is -2.22. The van der Waals surface area contributed by atoms with Gasteiger partial charge in [-0.15, -0.1) is 0 Å². The maximum Gasteiger partial charge on any atom is 0.271 e. The van der Waals surface area contributed by atoms with Gasteiger partial charge >= 0.3 is 0 Å². The van der Waals surface area contributed by atoms with E-state index in [1.54, 1.807) is 9.80 Å². The second kappa shape index (κ2) is 13.9. The third-order valence-electron chi connectivity index (χ3n) is 5.01. The van der Waals surface area contributed by atoms with Crippen LogP contribution in [0.25, 0.3) is 0 Å². The molecule has 0 saturated carbocycles. The van der Waals surface area contributed by atoms with Crippen LogP contribution in [0.2, 0.25) is 10.0 Å². The third-order valence-corrected chi connectivity index (χ3v) is 5.86. The molecular formula is C22H37Cl2N3O2. The Morgan fingerprint density at radius 3 is 1.17 bits per heavy atom. The largest absolute Gasteiger partial charge is 0.344 e. The highest BCUT2D eigenvalue weighted by Crippen LogP contribution is 2.31. The van der Waals surface area contributed by atoms with E-state index in [1.165, 1.54) is 0 Å². The first kappa shape index (κ1) is 25.8. The molecule has 29 heavy (non-hydrogen) atoms. The van der Waals surface area contributed by atoms with Crippen molar-refractivity contribution in [3.63, 3.8) is 0 Å². The second-order valence-corrected chi connectivity index (χ2v) is 8.26. The molecule has 0 radical (unpaired) electrons. The van der Waals surface area contributed by atoms with E-state index >= 15 is 0 Å². The maximum atomic E-state index is 13.1. The fourth-order valence-electron chi connectivity index (χ4n) is 3.09. The van der Waals surface area contributed by atoms with Gasteiger partial charge in [-0.25, -0.2) is 0 Å². The Kier molecular flexibility index (Phi) is 12.4. The molecule has 0 aliphatic carbocycles. The molecular weight excluding hydrogens is 409 g/mol. The number of halogens is 2. The van der Waals surface area contributed by atoms with Crippen molar-refractivity contribution in [2.75, 3.05) is 26.2 Å². The van der Waals surface area contributed by atoms with Gasteiger partial charge in [-0.3, -0.25) is 9.59 Å². The number of hydrogen-bond acceptors (Lipinski definition) is 2. The smallest absolute Gasteiger partial charge is 0.271 e. The number of aromatic amines is 1. The molecule has 1 aromatic heterocycles. The Morgan fingerprint density at radius 1 is 0.655 bits per heavy atom. The summed E-state index contributed by atoms with van der Waals surface area (Å²) in [7, 11) is 0. The number of rotatable bonds is 14. The van der Waals surface area contributed by atoms with Crippen LogP contribution in [0.15, 0.2) is 0 Å². The monoisotopic (exact) mass is 445 g/mol. The van der Waals surface area contributed by atoms with Gasteiger partial charge in [0.05, 0.1) is 10.0 Å². The summed E-state index contributed by atoms with van der Waals surface area (Å²) in [6, 6.07) is 0. The summed E-state index contributed by atoms with van der Waals surface area (Å²) < 4.78 is 0. The maximum absolute atomic E-state index is 13.1. The van der Waals surface area contributed by atoms with Crippen molar-refractivity contribution in [1.82, 2.24) is 14.8 Å². The number of carbonyl (C=O) groups excluding carboxylic acids is 2. The molecule has 1 N–H and O–H groups in total. The van der Waals surface area contributed by atoms with Crippen LogP contribution in [0.5, 0.6) is 0 Å². The van der Waals surface area contributed by atoms with Crippen LogP contribution >= 0.6 is 23.2 Å². The molecule has 1 rings (SSSR count). The molecule has 0 fully saturated rings. The van der Waals surface area contributed by atoms with Crippen molar-refractivity contribution in [3.05, 3.63) is 21.4 Å². The lowest BCUT2D eigenvalue weighted by atomic mass is 10.2. The molecule has 0 spiro atoms. The summed E-state index contributed by atoms with van der Waals surface area (Å²) in [6.45, 7) is 11.1. The van der Waals surface area contributed by atoms with Crippen LogP contribution in [0.3, 0.4) is 0 Å². The van der Waals surface area contributed by atoms with Crippen LogP contribution in [-0.4, -0.2) is 52.8 Å². The number of nitrogens with one attached hydrogen (secondary N) is 1. The quantitative estimate of drug-likeness (QED) is 0.359. The molecule has 166 valence electrons. The van der Waals surface area contributed by atoms with Crippen LogP contribution in [0.4, 0.5) is 0 Å². The number of nitrogens with zero attached hydrogens (tertiary/aromatic N) is 2. The molecule has 5 nitrogen and oxygen atoms in total. The number of H-pyrrole nitrogens is 1. The van der Waals surface area contributed by atoms with E-state index in [9.17, 15) is 9.59 Å². The van der Waals surface area contributed by atoms with Crippen molar-refractivity contribution in [3.8, 4) is 0 Å². The van der Waals surface area contributed by atoms with Gasteiger partial charge in [-0.05, 0) is 25.7 Å². The summed E-state index contributed by atoms with van der Waals surface area (Å²) in [5.41, 5.74) is 0.441. The number of aromatic nitrogens is 1. The highest BCUT2D eigenvalue weighted by molar-refractivity contribution is 6.45. The number of hydrogen-bond donors (Lipinski definition) is 1. The molecule has 0 aliphatic heterocycles. The summed E-state index contributed by atoms with van der Waals surface area (Å²) >= 11 is 12.8. The van der Waals surface area contributed by atoms with Crippen molar-refractivity contribution in [2.45, 2.75) is 79.1 Å². The first-order valence-corrected chi connectivity index (χ1v) is 11.8. The minimum Gasteiger partial charge on any atom is -0.344 e. The number of amides is 2. The molecule has 0 aliphatic rings. The summed E-state index contributed by atoms with van der Waals surface area (Å²) in [5, 5.41) is 0.285. The van der Waals surface area contributed by atoms with E-state index in [-0.39, 0.29) is 33.2 Å². The lowest BCUT2D eigenvalue weighted by Crippen LogP contribution is -2.34. The molecule has 0 aromatic carbocycles. The predicted octanol–water partition coefficient (Wildman–Crippen LogP) is 6.41. The van der Waals surface area contributed by atoms with Gasteiger partial charge in [0.1, 0.15) is 11.4 Å². The SMILES string of the molecule is CCCCN(CCCC)C(=O)c1[nH]c(C(=O)N(CCCC)CCCC)c(Cl)c1Cl. The van der Waals surface area contributed by atoms with Gasteiger partial charge in [0.25, 0.3) is 11.8 Å². The van der Waals surface area contributed by atoms with Crippen molar-refractivity contribution in [1.29, 1.82) is 0 Å². The van der Waals surface area contributed by atoms with Gasteiger partial charge < -0.3 is 14.8 Å². The van der Waals surface area contributed by atoms with E-state index in [1.807, 2.05) is 0 Å². The minimum absolute atomic E-state index is 0.143. The average molecular weight is 446 g/mol. The van der Waals surface area contributed by atoms with Crippen LogP contribution < -0.4 is 0 Å². The Morgan fingerprint density at radius 2 is 0.931 bits per heavy atom. The van der Waals surface area contributed by atoms with Gasteiger partial charge in [0, 0.05) is 26.2 Å². The lowest BCUT2D eigenvalue weighted by molar-refractivity contribution is 0.0742. The van der Waals surface area contributed by atoms with Crippen LogP contribution in [-0.2, 0) is 0 Å². The van der Waals surface area contributed by atoms with Gasteiger partial charge in [0.2, 0.25) is 0 Å².